The molecule has 2 heterocycles. The van der Waals surface area contributed by atoms with Gasteiger partial charge in [-0.2, -0.15) is 4.98 Å². The smallest absolute Gasteiger partial charge is 0.261 e. The van der Waals surface area contributed by atoms with Crippen molar-refractivity contribution in [2.45, 2.75) is 13.5 Å². The van der Waals surface area contributed by atoms with Crippen molar-refractivity contribution >= 4 is 5.82 Å². The Bertz CT molecular complexity index is 1060. The summed E-state index contributed by atoms with van der Waals surface area (Å²) in [6.07, 6.45) is 1.74. The summed E-state index contributed by atoms with van der Waals surface area (Å²) in [7, 11) is 1.63. The molecule has 1 N–H and O–H groups in total. The van der Waals surface area contributed by atoms with E-state index in [0.29, 0.717) is 24.1 Å². The Kier molecular flexibility index (Phi) is 5.01. The third-order valence-electron chi connectivity index (χ3n) is 4.39. The molecule has 0 radical (unpaired) electrons. The maximum absolute atomic E-state index is 5.50. The molecule has 6 nitrogen and oxygen atoms in total. The van der Waals surface area contributed by atoms with Gasteiger partial charge in [0.25, 0.3) is 5.89 Å². The van der Waals surface area contributed by atoms with E-state index in [0.717, 1.165) is 16.9 Å². The molecule has 2 aromatic carbocycles. The number of methoxy groups -OCH3 is 1. The van der Waals surface area contributed by atoms with Crippen LogP contribution in [0.2, 0.25) is 0 Å². The Morgan fingerprint density at radius 3 is 2.54 bits per heavy atom. The molecule has 0 saturated heterocycles. The van der Waals surface area contributed by atoms with Crippen LogP contribution in [-0.2, 0) is 6.54 Å². The first kappa shape index (κ1) is 17.7. The summed E-state index contributed by atoms with van der Waals surface area (Å²) in [6, 6.07) is 19.7. The van der Waals surface area contributed by atoms with Crippen molar-refractivity contribution in [2.24, 2.45) is 0 Å². The number of anilines is 1. The van der Waals surface area contributed by atoms with Crippen molar-refractivity contribution in [3.05, 3.63) is 78.0 Å². The predicted octanol–water partition coefficient (Wildman–Crippen LogP) is 4.73. The molecular formula is C22H20N4O2. The van der Waals surface area contributed by atoms with Gasteiger partial charge >= 0.3 is 0 Å². The largest absolute Gasteiger partial charge is 0.497 e. The SMILES string of the molecule is COc1ccc(-c2noc(-c3cccnc3NCc3ccc(C)cc3)n2)cc1. The van der Waals surface area contributed by atoms with Gasteiger partial charge in [0.1, 0.15) is 11.6 Å². The van der Waals surface area contributed by atoms with Crippen LogP contribution in [0.5, 0.6) is 5.75 Å². The summed E-state index contributed by atoms with van der Waals surface area (Å²) in [4.78, 5) is 8.97. The normalized spacial score (nSPS) is 10.6. The highest BCUT2D eigenvalue weighted by Crippen LogP contribution is 2.28. The maximum Gasteiger partial charge on any atom is 0.261 e. The molecule has 0 amide bonds. The Hall–Kier alpha value is -3.67. The van der Waals surface area contributed by atoms with E-state index in [1.807, 2.05) is 36.4 Å². The Balaban J connectivity index is 1.56. The number of benzene rings is 2. The number of aryl methyl sites for hydroxylation is 1. The van der Waals surface area contributed by atoms with E-state index in [-0.39, 0.29) is 0 Å². The van der Waals surface area contributed by atoms with Gasteiger partial charge in [-0.15, -0.1) is 0 Å². The van der Waals surface area contributed by atoms with Gasteiger partial charge in [0.15, 0.2) is 0 Å². The molecule has 0 fully saturated rings. The first-order valence-electron chi connectivity index (χ1n) is 8.96. The van der Waals surface area contributed by atoms with Crippen LogP contribution in [0, 0.1) is 6.92 Å². The van der Waals surface area contributed by atoms with Crippen LogP contribution in [0.15, 0.2) is 71.4 Å². The van der Waals surface area contributed by atoms with E-state index < -0.39 is 0 Å². The quantitative estimate of drug-likeness (QED) is 0.528. The lowest BCUT2D eigenvalue weighted by atomic mass is 10.1. The van der Waals surface area contributed by atoms with E-state index in [9.17, 15) is 0 Å². The lowest BCUT2D eigenvalue weighted by molar-refractivity contribution is 0.415. The highest BCUT2D eigenvalue weighted by atomic mass is 16.5. The number of hydrogen-bond donors (Lipinski definition) is 1. The van der Waals surface area contributed by atoms with Crippen molar-refractivity contribution < 1.29 is 9.26 Å². The second-order valence-electron chi connectivity index (χ2n) is 6.39. The fourth-order valence-corrected chi connectivity index (χ4v) is 2.80. The minimum Gasteiger partial charge on any atom is -0.497 e. The lowest BCUT2D eigenvalue weighted by Crippen LogP contribution is -2.03. The van der Waals surface area contributed by atoms with E-state index >= 15 is 0 Å². The molecule has 28 heavy (non-hydrogen) atoms. The second kappa shape index (κ2) is 7.92. The zero-order chi connectivity index (χ0) is 19.3. The number of hydrogen-bond acceptors (Lipinski definition) is 6. The van der Waals surface area contributed by atoms with E-state index in [1.54, 1.807) is 13.3 Å². The minimum absolute atomic E-state index is 0.422. The summed E-state index contributed by atoms with van der Waals surface area (Å²) < 4.78 is 10.7. The molecule has 0 unspecified atom stereocenters. The molecule has 0 atom stereocenters. The number of aromatic nitrogens is 3. The predicted molar refractivity (Wildman–Crippen MR) is 108 cm³/mol. The van der Waals surface area contributed by atoms with Gasteiger partial charge in [-0.3, -0.25) is 0 Å². The molecular weight excluding hydrogens is 352 g/mol. The van der Waals surface area contributed by atoms with Crippen molar-refractivity contribution in [1.82, 2.24) is 15.1 Å². The zero-order valence-electron chi connectivity index (χ0n) is 15.7. The fourth-order valence-electron chi connectivity index (χ4n) is 2.80. The highest BCUT2D eigenvalue weighted by Gasteiger charge is 2.15. The molecule has 0 aliphatic carbocycles. The van der Waals surface area contributed by atoms with Crippen LogP contribution < -0.4 is 10.1 Å². The van der Waals surface area contributed by atoms with E-state index in [2.05, 4.69) is 51.6 Å². The number of ether oxygens (including phenoxy) is 1. The lowest BCUT2D eigenvalue weighted by Gasteiger charge is -2.08. The summed E-state index contributed by atoms with van der Waals surface area (Å²) in [5.74, 6) is 2.42. The number of nitrogens with one attached hydrogen (secondary N) is 1. The third kappa shape index (κ3) is 3.86. The zero-order valence-corrected chi connectivity index (χ0v) is 15.7. The summed E-state index contributed by atoms with van der Waals surface area (Å²) in [5.41, 5.74) is 4.03. The van der Waals surface area contributed by atoms with Gasteiger partial charge in [0, 0.05) is 18.3 Å². The minimum atomic E-state index is 0.422. The van der Waals surface area contributed by atoms with Gasteiger partial charge in [0.05, 0.1) is 12.7 Å². The second-order valence-corrected chi connectivity index (χ2v) is 6.39. The molecule has 2 aromatic heterocycles. The molecule has 140 valence electrons. The van der Waals surface area contributed by atoms with Crippen LogP contribution in [0.1, 0.15) is 11.1 Å². The van der Waals surface area contributed by atoms with Gasteiger partial charge in [0.2, 0.25) is 5.82 Å². The molecule has 0 spiro atoms. The first-order chi connectivity index (χ1) is 13.7. The van der Waals surface area contributed by atoms with Gasteiger partial charge in [-0.25, -0.2) is 4.98 Å². The monoisotopic (exact) mass is 372 g/mol. The van der Waals surface area contributed by atoms with Gasteiger partial charge in [-0.05, 0) is 48.9 Å². The average molecular weight is 372 g/mol. The maximum atomic E-state index is 5.50. The molecule has 0 saturated carbocycles. The van der Waals surface area contributed by atoms with Crippen molar-refractivity contribution in [3.8, 4) is 28.6 Å². The number of pyridine rings is 1. The topological polar surface area (TPSA) is 73.1 Å². The summed E-state index contributed by atoms with van der Waals surface area (Å²) in [5, 5.41) is 7.46. The van der Waals surface area contributed by atoms with E-state index in [1.165, 1.54) is 11.1 Å². The van der Waals surface area contributed by atoms with Gasteiger partial charge in [-0.1, -0.05) is 35.0 Å². The molecule has 6 heteroatoms. The fraction of sp³-hybridized carbons (Fsp3) is 0.136. The first-order valence-corrected chi connectivity index (χ1v) is 8.96. The standard InChI is InChI=1S/C22H20N4O2/c1-15-5-7-16(8-6-15)14-24-21-19(4-3-13-23-21)22-25-20(26-28-22)17-9-11-18(27-2)12-10-17/h3-13H,14H2,1-2H3,(H,23,24). The molecule has 4 rings (SSSR count). The Morgan fingerprint density at radius 2 is 1.79 bits per heavy atom. The highest BCUT2D eigenvalue weighted by molar-refractivity contribution is 5.70. The number of nitrogens with zero attached hydrogens (tertiary/aromatic N) is 3. The van der Waals surface area contributed by atoms with Crippen LogP contribution in [0.3, 0.4) is 0 Å². The van der Waals surface area contributed by atoms with Crippen molar-refractivity contribution in [2.75, 3.05) is 12.4 Å². The van der Waals surface area contributed by atoms with Crippen LogP contribution in [0.4, 0.5) is 5.82 Å². The molecule has 0 aliphatic heterocycles. The number of rotatable bonds is 6. The molecule has 0 aliphatic rings. The van der Waals surface area contributed by atoms with Crippen molar-refractivity contribution in [3.63, 3.8) is 0 Å². The Labute approximate surface area is 163 Å². The van der Waals surface area contributed by atoms with E-state index in [4.69, 9.17) is 9.26 Å². The van der Waals surface area contributed by atoms with Crippen molar-refractivity contribution in [1.29, 1.82) is 0 Å². The average Bonchev–Trinajstić information content (AvgIpc) is 3.24. The third-order valence-corrected chi connectivity index (χ3v) is 4.39. The van der Waals surface area contributed by atoms with Crippen LogP contribution >= 0.6 is 0 Å². The molecule has 4 aromatic rings. The van der Waals surface area contributed by atoms with Crippen LogP contribution in [0.25, 0.3) is 22.8 Å². The Morgan fingerprint density at radius 1 is 1.00 bits per heavy atom. The van der Waals surface area contributed by atoms with Gasteiger partial charge < -0.3 is 14.6 Å². The summed E-state index contributed by atoms with van der Waals surface area (Å²) >= 11 is 0. The summed E-state index contributed by atoms with van der Waals surface area (Å²) in [6.45, 7) is 2.73. The van der Waals surface area contributed by atoms with Crippen LogP contribution in [-0.4, -0.2) is 22.2 Å². The molecule has 0 bridgehead atoms.